The molecule has 0 aliphatic carbocycles. The van der Waals surface area contributed by atoms with Gasteiger partial charge in [-0.1, -0.05) is 53.7 Å². The number of carbonyl (C=O) groups excluding carboxylic acids is 1. The zero-order valence-corrected chi connectivity index (χ0v) is 17.1. The third kappa shape index (κ3) is 4.03. The molecule has 0 fully saturated rings. The molecule has 4 aromatic rings. The van der Waals surface area contributed by atoms with E-state index >= 15 is 0 Å². The third-order valence-electron chi connectivity index (χ3n) is 4.85. The fourth-order valence-electron chi connectivity index (χ4n) is 3.23. The van der Waals surface area contributed by atoms with E-state index in [0.717, 1.165) is 5.56 Å². The van der Waals surface area contributed by atoms with Gasteiger partial charge in [0, 0.05) is 13.2 Å². The largest absolute Gasteiger partial charge is 0.348 e. The highest BCUT2D eigenvalue weighted by atomic mass is 32.2. The second-order valence-corrected chi connectivity index (χ2v) is 7.95. The van der Waals surface area contributed by atoms with Gasteiger partial charge in [-0.05, 0) is 36.8 Å². The smallest absolute Gasteiger partial charge is 0.262 e. The molecule has 5 nitrogen and oxygen atoms in total. The van der Waals surface area contributed by atoms with Gasteiger partial charge in [-0.15, -0.1) is 0 Å². The summed E-state index contributed by atoms with van der Waals surface area (Å²) >= 11 is 1.30. The molecular formula is C23H21N3O2S. The molecule has 6 heteroatoms. The van der Waals surface area contributed by atoms with Gasteiger partial charge in [0.25, 0.3) is 5.56 Å². The van der Waals surface area contributed by atoms with Gasteiger partial charge in [-0.25, -0.2) is 4.98 Å². The summed E-state index contributed by atoms with van der Waals surface area (Å²) in [5.74, 6) is 0.225. The summed E-state index contributed by atoms with van der Waals surface area (Å²) in [7, 11) is 1.85. The number of rotatable bonds is 6. The lowest BCUT2D eigenvalue weighted by Gasteiger charge is -2.13. The molecule has 2 heterocycles. The lowest BCUT2D eigenvalue weighted by Crippen LogP contribution is -2.24. The fourth-order valence-corrected chi connectivity index (χ4v) is 4.10. The molecule has 0 bridgehead atoms. The predicted molar refractivity (Wildman–Crippen MR) is 117 cm³/mol. The van der Waals surface area contributed by atoms with Crippen molar-refractivity contribution in [3.63, 3.8) is 0 Å². The highest BCUT2D eigenvalue weighted by Crippen LogP contribution is 2.20. The number of thioether (sulfide) groups is 1. The summed E-state index contributed by atoms with van der Waals surface area (Å²) in [6, 6.07) is 19.1. The first-order chi connectivity index (χ1) is 14.0. The number of hydrogen-bond donors (Lipinski definition) is 0. The Morgan fingerprint density at radius 1 is 1.03 bits per heavy atom. The van der Waals surface area contributed by atoms with Gasteiger partial charge in [-0.2, -0.15) is 0 Å². The van der Waals surface area contributed by atoms with Crippen LogP contribution in [0.2, 0.25) is 0 Å². The van der Waals surface area contributed by atoms with E-state index in [1.54, 1.807) is 21.3 Å². The highest BCUT2D eigenvalue weighted by molar-refractivity contribution is 7.99. The summed E-state index contributed by atoms with van der Waals surface area (Å²) in [5.41, 5.74) is 3.38. The summed E-state index contributed by atoms with van der Waals surface area (Å²) in [5, 5.41) is 1.13. The van der Waals surface area contributed by atoms with Crippen molar-refractivity contribution >= 4 is 28.4 Å². The molecule has 0 atom stereocenters. The van der Waals surface area contributed by atoms with Crippen molar-refractivity contribution in [1.82, 2.24) is 14.1 Å². The summed E-state index contributed by atoms with van der Waals surface area (Å²) in [6.07, 6.45) is 1.85. The second kappa shape index (κ2) is 8.09. The van der Waals surface area contributed by atoms with Crippen LogP contribution in [0.25, 0.3) is 10.9 Å². The minimum absolute atomic E-state index is 0.00629. The zero-order chi connectivity index (χ0) is 20.4. The Kier molecular flexibility index (Phi) is 5.36. The van der Waals surface area contributed by atoms with Crippen LogP contribution in [0.3, 0.4) is 0 Å². The Morgan fingerprint density at radius 2 is 1.79 bits per heavy atom. The average molecular weight is 404 g/mol. The van der Waals surface area contributed by atoms with E-state index in [4.69, 9.17) is 4.98 Å². The maximum Gasteiger partial charge on any atom is 0.262 e. The fraction of sp³-hybridized carbons (Fsp3) is 0.174. The molecule has 2 aromatic heterocycles. The van der Waals surface area contributed by atoms with Gasteiger partial charge >= 0.3 is 0 Å². The van der Waals surface area contributed by atoms with Crippen LogP contribution in [0.5, 0.6) is 0 Å². The number of Topliss-reactive ketones (excluding diaryl/α,β-unsaturated/α-hetero) is 1. The van der Waals surface area contributed by atoms with Crippen molar-refractivity contribution in [3.05, 3.63) is 94.0 Å². The molecule has 0 unspecified atom stereocenters. The van der Waals surface area contributed by atoms with Gasteiger partial charge in [-0.3, -0.25) is 14.2 Å². The van der Waals surface area contributed by atoms with Gasteiger partial charge in [0.05, 0.1) is 28.9 Å². The summed E-state index contributed by atoms with van der Waals surface area (Å²) in [6.45, 7) is 2.45. The lowest BCUT2D eigenvalue weighted by molar-refractivity contribution is 0.101. The first-order valence-electron chi connectivity index (χ1n) is 9.35. The summed E-state index contributed by atoms with van der Waals surface area (Å²) < 4.78 is 3.46. The van der Waals surface area contributed by atoms with Crippen molar-refractivity contribution < 1.29 is 4.79 Å². The van der Waals surface area contributed by atoms with Crippen molar-refractivity contribution in [3.8, 4) is 0 Å². The Morgan fingerprint density at radius 3 is 2.52 bits per heavy atom. The quantitative estimate of drug-likeness (QED) is 0.277. The van der Waals surface area contributed by atoms with Crippen LogP contribution in [0.1, 0.15) is 21.6 Å². The molecule has 0 N–H and O–H groups in total. The number of hydrogen-bond acceptors (Lipinski definition) is 4. The van der Waals surface area contributed by atoms with E-state index in [9.17, 15) is 9.59 Å². The van der Waals surface area contributed by atoms with Crippen molar-refractivity contribution in [2.45, 2.75) is 18.6 Å². The molecular weight excluding hydrogens is 382 g/mol. The maximum atomic E-state index is 13.2. The molecule has 4 rings (SSSR count). The number of ketones is 1. The van der Waals surface area contributed by atoms with E-state index in [1.807, 2.05) is 68.7 Å². The Hall–Kier alpha value is -3.12. The lowest BCUT2D eigenvalue weighted by atomic mass is 10.1. The first-order valence-corrected chi connectivity index (χ1v) is 10.3. The predicted octanol–water partition coefficient (Wildman–Crippen LogP) is 4.07. The second-order valence-electron chi connectivity index (χ2n) is 7.00. The minimum atomic E-state index is -0.0926. The molecule has 0 saturated carbocycles. The molecule has 0 radical (unpaired) electrons. The molecule has 0 saturated heterocycles. The molecule has 0 aliphatic rings. The topological polar surface area (TPSA) is 56.9 Å². The number of para-hydroxylation sites is 1. The SMILES string of the molecule is Cc1ccc(Cn2c(SCC(=O)c3cccn3C)nc3ccccc3c2=O)cc1. The summed E-state index contributed by atoms with van der Waals surface area (Å²) in [4.78, 5) is 30.5. The van der Waals surface area contributed by atoms with Crippen LogP contribution in [0, 0.1) is 6.92 Å². The Labute approximate surface area is 173 Å². The van der Waals surface area contributed by atoms with E-state index in [2.05, 4.69) is 0 Å². The van der Waals surface area contributed by atoms with Gasteiger partial charge < -0.3 is 4.57 Å². The first kappa shape index (κ1) is 19.2. The van der Waals surface area contributed by atoms with E-state index < -0.39 is 0 Å². The van der Waals surface area contributed by atoms with Gasteiger partial charge in [0.1, 0.15) is 0 Å². The molecule has 146 valence electrons. The normalized spacial score (nSPS) is 11.1. The van der Waals surface area contributed by atoms with Crippen molar-refractivity contribution in [1.29, 1.82) is 0 Å². The zero-order valence-electron chi connectivity index (χ0n) is 16.3. The highest BCUT2D eigenvalue weighted by Gasteiger charge is 2.15. The molecule has 0 amide bonds. The monoisotopic (exact) mass is 403 g/mol. The number of aryl methyl sites for hydroxylation is 2. The molecule has 0 aliphatic heterocycles. The van der Waals surface area contributed by atoms with Crippen LogP contribution in [-0.4, -0.2) is 25.7 Å². The third-order valence-corrected chi connectivity index (χ3v) is 5.83. The van der Waals surface area contributed by atoms with Gasteiger partial charge in [0.2, 0.25) is 0 Å². The number of carbonyl (C=O) groups is 1. The van der Waals surface area contributed by atoms with Crippen molar-refractivity contribution in [2.75, 3.05) is 5.75 Å². The van der Waals surface area contributed by atoms with Crippen LogP contribution >= 0.6 is 11.8 Å². The minimum Gasteiger partial charge on any atom is -0.348 e. The van der Waals surface area contributed by atoms with E-state index in [1.165, 1.54) is 17.3 Å². The Bertz CT molecular complexity index is 1240. The standard InChI is InChI=1S/C23H21N3O2S/c1-16-9-11-17(12-10-16)14-26-22(28)18-6-3-4-7-19(18)24-23(26)29-15-21(27)20-8-5-13-25(20)2/h3-13H,14-15H2,1-2H3. The molecule has 0 spiro atoms. The van der Waals surface area contributed by atoms with E-state index in [0.29, 0.717) is 28.3 Å². The number of benzene rings is 2. The van der Waals surface area contributed by atoms with Crippen LogP contribution in [-0.2, 0) is 13.6 Å². The van der Waals surface area contributed by atoms with Crippen LogP contribution in [0.15, 0.2) is 76.8 Å². The maximum absolute atomic E-state index is 13.2. The number of fused-ring (bicyclic) bond motifs is 1. The average Bonchev–Trinajstić information content (AvgIpc) is 3.16. The van der Waals surface area contributed by atoms with Crippen molar-refractivity contribution in [2.24, 2.45) is 7.05 Å². The Balaban J connectivity index is 1.70. The van der Waals surface area contributed by atoms with Crippen LogP contribution < -0.4 is 5.56 Å². The number of aromatic nitrogens is 3. The molecule has 29 heavy (non-hydrogen) atoms. The van der Waals surface area contributed by atoms with E-state index in [-0.39, 0.29) is 17.1 Å². The number of nitrogens with zero attached hydrogens (tertiary/aromatic N) is 3. The van der Waals surface area contributed by atoms with Gasteiger partial charge in [0.15, 0.2) is 10.9 Å². The molecule has 2 aromatic carbocycles. The van der Waals surface area contributed by atoms with Crippen LogP contribution in [0.4, 0.5) is 0 Å².